The van der Waals surface area contributed by atoms with Crippen LogP contribution >= 0.6 is 23.1 Å². The average molecular weight is 338 g/mol. The average Bonchev–Trinajstić information content (AvgIpc) is 2.99. The van der Waals surface area contributed by atoms with Gasteiger partial charge in [0.05, 0.1) is 11.4 Å². The number of carbonyl (C=O) groups is 1. The number of thioether (sulfide) groups is 1. The van der Waals surface area contributed by atoms with Gasteiger partial charge in [0, 0.05) is 17.5 Å². The predicted octanol–water partition coefficient (Wildman–Crippen LogP) is 4.35. The summed E-state index contributed by atoms with van der Waals surface area (Å²) in [4.78, 5) is 16.2. The van der Waals surface area contributed by atoms with Crippen LogP contribution in [0.4, 0.5) is 4.39 Å². The van der Waals surface area contributed by atoms with Gasteiger partial charge in [0.1, 0.15) is 5.82 Å². The Balaban J connectivity index is 1.79. The third-order valence-corrected chi connectivity index (χ3v) is 5.07. The molecule has 0 saturated carbocycles. The van der Waals surface area contributed by atoms with E-state index >= 15 is 0 Å². The quantitative estimate of drug-likeness (QED) is 0.575. The minimum atomic E-state index is -0.256. The number of thiazole rings is 1. The van der Waals surface area contributed by atoms with Gasteiger partial charge in [-0.2, -0.15) is 0 Å². The highest BCUT2D eigenvalue weighted by atomic mass is 32.2. The topological polar surface area (TPSA) is 42.0 Å². The van der Waals surface area contributed by atoms with Crippen molar-refractivity contribution < 1.29 is 9.18 Å². The molecule has 118 valence electrons. The van der Waals surface area contributed by atoms with Gasteiger partial charge in [0.15, 0.2) is 4.34 Å². The molecule has 1 amide bonds. The van der Waals surface area contributed by atoms with Crippen LogP contribution in [0.2, 0.25) is 0 Å². The van der Waals surface area contributed by atoms with Crippen molar-refractivity contribution in [2.45, 2.75) is 30.5 Å². The first kappa shape index (κ1) is 17.0. The summed E-state index contributed by atoms with van der Waals surface area (Å²) in [5.74, 6) is 0.163. The van der Waals surface area contributed by atoms with Crippen molar-refractivity contribution >= 4 is 29.0 Å². The van der Waals surface area contributed by atoms with E-state index in [0.717, 1.165) is 41.4 Å². The lowest BCUT2D eigenvalue weighted by Gasteiger charge is -2.03. The van der Waals surface area contributed by atoms with E-state index < -0.39 is 0 Å². The van der Waals surface area contributed by atoms with E-state index in [9.17, 15) is 9.18 Å². The zero-order chi connectivity index (χ0) is 15.8. The van der Waals surface area contributed by atoms with Crippen molar-refractivity contribution in [3.63, 3.8) is 0 Å². The Kier molecular flexibility index (Phi) is 6.86. The number of nitrogens with one attached hydrogen (secondary N) is 1. The largest absolute Gasteiger partial charge is 0.355 e. The molecule has 22 heavy (non-hydrogen) atoms. The van der Waals surface area contributed by atoms with Crippen molar-refractivity contribution in [3.05, 3.63) is 35.5 Å². The molecule has 0 atom stereocenters. The highest BCUT2D eigenvalue weighted by Crippen LogP contribution is 2.28. The van der Waals surface area contributed by atoms with Crippen LogP contribution in [-0.4, -0.2) is 23.2 Å². The molecule has 0 fully saturated rings. The first-order valence-electron chi connectivity index (χ1n) is 7.30. The Labute approximate surface area is 138 Å². The van der Waals surface area contributed by atoms with Gasteiger partial charge in [0.2, 0.25) is 5.91 Å². The fourth-order valence-corrected chi connectivity index (χ4v) is 3.52. The summed E-state index contributed by atoms with van der Waals surface area (Å²) in [7, 11) is 0. The van der Waals surface area contributed by atoms with Crippen LogP contribution in [0, 0.1) is 5.82 Å². The standard InChI is InChI=1S/C16H19FN2OS2/c1-2-3-4-9-18-15(20)11-22-16-19-14(10-21-16)12-5-7-13(17)8-6-12/h5-8,10H,2-4,9,11H2,1H3,(H,18,20). The molecule has 0 radical (unpaired) electrons. The number of amides is 1. The molecular formula is C16H19FN2OS2. The lowest BCUT2D eigenvalue weighted by Crippen LogP contribution is -2.26. The molecule has 0 aliphatic heterocycles. The minimum absolute atomic E-state index is 0.0413. The van der Waals surface area contributed by atoms with E-state index in [4.69, 9.17) is 0 Å². The predicted molar refractivity (Wildman–Crippen MR) is 90.8 cm³/mol. The number of hydrogen-bond acceptors (Lipinski definition) is 4. The smallest absolute Gasteiger partial charge is 0.230 e. The molecule has 0 unspecified atom stereocenters. The number of carbonyl (C=O) groups excluding carboxylic acids is 1. The summed E-state index contributed by atoms with van der Waals surface area (Å²) < 4.78 is 13.8. The monoisotopic (exact) mass is 338 g/mol. The normalized spacial score (nSPS) is 10.6. The van der Waals surface area contributed by atoms with Crippen LogP contribution in [0.1, 0.15) is 26.2 Å². The number of unbranched alkanes of at least 4 members (excludes halogenated alkanes) is 2. The number of rotatable bonds is 8. The number of aromatic nitrogens is 1. The van der Waals surface area contributed by atoms with E-state index in [1.807, 2.05) is 5.38 Å². The van der Waals surface area contributed by atoms with Crippen LogP contribution in [0.3, 0.4) is 0 Å². The van der Waals surface area contributed by atoms with E-state index in [0.29, 0.717) is 5.75 Å². The summed E-state index contributed by atoms with van der Waals surface area (Å²) in [5, 5.41) is 4.83. The van der Waals surface area contributed by atoms with Crippen molar-refractivity contribution in [2.75, 3.05) is 12.3 Å². The van der Waals surface area contributed by atoms with Gasteiger partial charge in [-0.1, -0.05) is 31.5 Å². The maximum absolute atomic E-state index is 12.9. The molecule has 0 bridgehead atoms. The first-order valence-corrected chi connectivity index (χ1v) is 9.16. The lowest BCUT2D eigenvalue weighted by atomic mass is 10.2. The molecule has 2 aromatic rings. The molecular weight excluding hydrogens is 319 g/mol. The van der Waals surface area contributed by atoms with Gasteiger partial charge in [0.25, 0.3) is 0 Å². The van der Waals surface area contributed by atoms with E-state index in [1.165, 1.54) is 35.2 Å². The molecule has 3 nitrogen and oxygen atoms in total. The second kappa shape index (κ2) is 8.90. The van der Waals surface area contributed by atoms with Gasteiger partial charge >= 0.3 is 0 Å². The van der Waals surface area contributed by atoms with Crippen LogP contribution in [0.5, 0.6) is 0 Å². The zero-order valence-electron chi connectivity index (χ0n) is 12.5. The van der Waals surface area contributed by atoms with Crippen LogP contribution in [-0.2, 0) is 4.79 Å². The molecule has 6 heteroatoms. The molecule has 0 aliphatic rings. The molecule has 1 aromatic carbocycles. The highest BCUT2D eigenvalue weighted by molar-refractivity contribution is 8.01. The third-order valence-electron chi connectivity index (χ3n) is 3.05. The lowest BCUT2D eigenvalue weighted by molar-refractivity contribution is -0.118. The highest BCUT2D eigenvalue weighted by Gasteiger charge is 2.08. The van der Waals surface area contributed by atoms with Crippen molar-refractivity contribution in [3.8, 4) is 11.3 Å². The zero-order valence-corrected chi connectivity index (χ0v) is 14.1. The Morgan fingerprint density at radius 2 is 2.09 bits per heavy atom. The fraction of sp³-hybridized carbons (Fsp3) is 0.375. The molecule has 1 aromatic heterocycles. The van der Waals surface area contributed by atoms with Crippen molar-refractivity contribution in [2.24, 2.45) is 0 Å². The molecule has 1 heterocycles. The number of benzene rings is 1. The van der Waals surface area contributed by atoms with Crippen LogP contribution < -0.4 is 5.32 Å². The first-order chi connectivity index (χ1) is 10.7. The molecule has 0 spiro atoms. The van der Waals surface area contributed by atoms with E-state index in [1.54, 1.807) is 12.1 Å². The van der Waals surface area contributed by atoms with Gasteiger partial charge in [-0.15, -0.1) is 11.3 Å². The number of halogens is 1. The second-order valence-electron chi connectivity index (χ2n) is 4.85. The summed E-state index contributed by atoms with van der Waals surface area (Å²) in [6, 6.07) is 6.26. The van der Waals surface area contributed by atoms with Gasteiger partial charge in [-0.3, -0.25) is 4.79 Å². The minimum Gasteiger partial charge on any atom is -0.355 e. The maximum Gasteiger partial charge on any atom is 0.230 e. The van der Waals surface area contributed by atoms with Gasteiger partial charge < -0.3 is 5.32 Å². The van der Waals surface area contributed by atoms with E-state index in [-0.39, 0.29) is 11.7 Å². The van der Waals surface area contributed by atoms with Crippen LogP contribution in [0.25, 0.3) is 11.3 Å². The van der Waals surface area contributed by atoms with Crippen LogP contribution in [0.15, 0.2) is 34.0 Å². The molecule has 0 saturated heterocycles. The maximum atomic E-state index is 12.9. The summed E-state index contributed by atoms with van der Waals surface area (Å²) >= 11 is 2.93. The van der Waals surface area contributed by atoms with E-state index in [2.05, 4.69) is 17.2 Å². The van der Waals surface area contributed by atoms with Crippen molar-refractivity contribution in [1.82, 2.24) is 10.3 Å². The number of hydrogen-bond donors (Lipinski definition) is 1. The Hall–Kier alpha value is -1.40. The van der Waals surface area contributed by atoms with Gasteiger partial charge in [-0.25, -0.2) is 9.37 Å². The van der Waals surface area contributed by atoms with Gasteiger partial charge in [-0.05, 0) is 30.7 Å². The SMILES string of the molecule is CCCCCNC(=O)CSc1nc(-c2ccc(F)cc2)cs1. The number of nitrogens with zero attached hydrogens (tertiary/aromatic N) is 1. The Morgan fingerprint density at radius 1 is 1.32 bits per heavy atom. The third kappa shape index (κ3) is 5.42. The molecule has 2 rings (SSSR count). The van der Waals surface area contributed by atoms with Crippen molar-refractivity contribution in [1.29, 1.82) is 0 Å². The summed E-state index contributed by atoms with van der Waals surface area (Å²) in [6.45, 7) is 2.88. The Bertz CT molecular complexity index is 598. The Morgan fingerprint density at radius 3 is 2.82 bits per heavy atom. The summed E-state index contributed by atoms with van der Waals surface area (Å²) in [5.41, 5.74) is 1.70. The summed E-state index contributed by atoms with van der Waals surface area (Å²) in [6.07, 6.45) is 3.32. The fourth-order valence-electron chi connectivity index (χ4n) is 1.86. The molecule has 0 aliphatic carbocycles. The second-order valence-corrected chi connectivity index (χ2v) is 6.93. The molecule has 1 N–H and O–H groups in total.